The molecule has 0 aliphatic carbocycles. The standard InChI is InChI=1S/C30H27F3N6O2/c1-37-26-17-23(12-13-24(26)18-34-37)22-6-5-7-25(16-22)39(29(40)38-14-3-2-4-15-38)19-20-8-10-21(11-9-20)27-35-36-28(41-27)30(31,32)33/h5-13,16-18H,2-4,14-15,19H2,1H3. The first-order valence-corrected chi connectivity index (χ1v) is 13.3. The summed E-state index contributed by atoms with van der Waals surface area (Å²) < 4.78 is 45.3. The minimum Gasteiger partial charge on any atom is -0.413 e. The Morgan fingerprint density at radius 3 is 2.39 bits per heavy atom. The number of hydrogen-bond donors (Lipinski definition) is 0. The molecule has 0 radical (unpaired) electrons. The van der Waals surface area contributed by atoms with E-state index < -0.39 is 12.1 Å². The second-order valence-electron chi connectivity index (χ2n) is 10.1. The van der Waals surface area contributed by atoms with E-state index in [9.17, 15) is 18.0 Å². The molecule has 1 aliphatic rings. The van der Waals surface area contributed by atoms with Crippen LogP contribution in [0.15, 0.2) is 77.3 Å². The van der Waals surface area contributed by atoms with E-state index >= 15 is 0 Å². The Morgan fingerprint density at radius 2 is 1.66 bits per heavy atom. The average Bonchev–Trinajstić information content (AvgIpc) is 3.64. The number of urea groups is 1. The Balaban J connectivity index is 1.30. The Kier molecular flexibility index (Phi) is 6.94. The van der Waals surface area contributed by atoms with E-state index in [1.165, 1.54) is 0 Å². The number of nitrogens with zero attached hydrogens (tertiary/aromatic N) is 6. The van der Waals surface area contributed by atoms with Crippen LogP contribution in [0.25, 0.3) is 33.5 Å². The fourth-order valence-corrected chi connectivity index (χ4v) is 5.09. The Morgan fingerprint density at radius 1 is 0.927 bits per heavy atom. The maximum absolute atomic E-state index is 13.8. The zero-order valence-electron chi connectivity index (χ0n) is 22.3. The third-order valence-electron chi connectivity index (χ3n) is 7.31. The number of hydrogen-bond acceptors (Lipinski definition) is 5. The van der Waals surface area contributed by atoms with Gasteiger partial charge in [-0.25, -0.2) is 4.79 Å². The number of likely N-dealkylation sites (tertiary alicyclic amines) is 1. The van der Waals surface area contributed by atoms with Crippen LogP contribution >= 0.6 is 0 Å². The maximum Gasteiger partial charge on any atom is 0.470 e. The molecule has 0 saturated carbocycles. The number of carbonyl (C=O) groups is 1. The number of aromatic nitrogens is 4. The van der Waals surface area contributed by atoms with Gasteiger partial charge < -0.3 is 9.32 Å². The van der Waals surface area contributed by atoms with Crippen LogP contribution in [0, 0.1) is 0 Å². The number of alkyl halides is 3. The molecule has 0 spiro atoms. The van der Waals surface area contributed by atoms with Gasteiger partial charge in [0.2, 0.25) is 5.89 Å². The van der Waals surface area contributed by atoms with Crippen LogP contribution in [-0.2, 0) is 19.8 Å². The fourth-order valence-electron chi connectivity index (χ4n) is 5.09. The number of fused-ring (bicyclic) bond motifs is 1. The smallest absolute Gasteiger partial charge is 0.413 e. The van der Waals surface area contributed by atoms with Gasteiger partial charge >= 0.3 is 18.1 Å². The molecule has 8 nitrogen and oxygen atoms in total. The lowest BCUT2D eigenvalue weighted by molar-refractivity contribution is -0.156. The highest BCUT2D eigenvalue weighted by Gasteiger charge is 2.38. The van der Waals surface area contributed by atoms with Crippen LogP contribution in [0.2, 0.25) is 0 Å². The van der Waals surface area contributed by atoms with Gasteiger partial charge in [0.05, 0.1) is 18.3 Å². The van der Waals surface area contributed by atoms with E-state index in [2.05, 4.69) is 21.4 Å². The van der Waals surface area contributed by atoms with Crippen LogP contribution < -0.4 is 4.90 Å². The Hall–Kier alpha value is -4.67. The fraction of sp³-hybridized carbons (Fsp3) is 0.267. The molecule has 1 aliphatic heterocycles. The predicted octanol–water partition coefficient (Wildman–Crippen LogP) is 6.92. The zero-order valence-corrected chi connectivity index (χ0v) is 22.3. The average molecular weight is 561 g/mol. The molecular formula is C30H27F3N6O2. The third kappa shape index (κ3) is 5.52. The molecule has 1 fully saturated rings. The molecule has 41 heavy (non-hydrogen) atoms. The molecule has 0 atom stereocenters. The van der Waals surface area contributed by atoms with Gasteiger partial charge in [-0.05, 0) is 66.3 Å². The summed E-state index contributed by atoms with van der Waals surface area (Å²) in [4.78, 5) is 17.5. The molecule has 6 rings (SSSR count). The van der Waals surface area contributed by atoms with Crippen molar-refractivity contribution in [3.63, 3.8) is 0 Å². The van der Waals surface area contributed by atoms with Crippen molar-refractivity contribution in [2.24, 2.45) is 7.05 Å². The Labute approximate surface area is 234 Å². The van der Waals surface area contributed by atoms with Crippen LogP contribution in [0.3, 0.4) is 0 Å². The van der Waals surface area contributed by atoms with Gasteiger partial charge in [-0.15, -0.1) is 10.2 Å². The minimum absolute atomic E-state index is 0.0836. The molecule has 0 N–H and O–H groups in total. The van der Waals surface area contributed by atoms with Gasteiger partial charge in [0.25, 0.3) is 0 Å². The number of anilines is 1. The molecule has 5 aromatic rings. The lowest BCUT2D eigenvalue weighted by Crippen LogP contribution is -2.45. The van der Waals surface area contributed by atoms with Gasteiger partial charge in [-0.3, -0.25) is 9.58 Å². The van der Waals surface area contributed by atoms with Crippen LogP contribution in [-0.4, -0.2) is 44.0 Å². The van der Waals surface area contributed by atoms with Crippen molar-refractivity contribution in [3.8, 4) is 22.6 Å². The van der Waals surface area contributed by atoms with Crippen LogP contribution in [0.5, 0.6) is 0 Å². The number of halogens is 3. The highest BCUT2D eigenvalue weighted by Crippen LogP contribution is 2.32. The molecule has 0 unspecified atom stereocenters. The summed E-state index contributed by atoms with van der Waals surface area (Å²) in [6.07, 6.45) is 0.140. The zero-order chi connectivity index (χ0) is 28.6. The molecule has 11 heteroatoms. The monoisotopic (exact) mass is 560 g/mol. The molecule has 0 bridgehead atoms. The quantitative estimate of drug-likeness (QED) is 0.233. The normalized spacial score (nSPS) is 14.0. The molecule has 1 saturated heterocycles. The maximum atomic E-state index is 13.8. The number of piperidine rings is 1. The summed E-state index contributed by atoms with van der Waals surface area (Å²) in [5.74, 6) is -1.61. The molecule has 2 aromatic heterocycles. The first kappa shape index (κ1) is 26.5. The van der Waals surface area contributed by atoms with E-state index in [-0.39, 0.29) is 18.5 Å². The number of benzene rings is 3. The first-order chi connectivity index (χ1) is 19.8. The molecule has 2 amide bonds. The SMILES string of the molecule is Cn1ncc2ccc(-c3cccc(N(Cc4ccc(-c5nnc(C(F)(F)F)o5)cc4)C(=O)N4CCCCC4)c3)cc21. The summed E-state index contributed by atoms with van der Waals surface area (Å²) >= 11 is 0. The van der Waals surface area contributed by atoms with Crippen molar-refractivity contribution in [2.45, 2.75) is 32.0 Å². The summed E-state index contributed by atoms with van der Waals surface area (Å²) in [5.41, 5.74) is 4.90. The van der Waals surface area contributed by atoms with Gasteiger partial charge in [-0.1, -0.05) is 36.4 Å². The van der Waals surface area contributed by atoms with Gasteiger partial charge in [0, 0.05) is 36.8 Å². The third-order valence-corrected chi connectivity index (χ3v) is 7.31. The van der Waals surface area contributed by atoms with Crippen molar-refractivity contribution in [3.05, 3.63) is 84.4 Å². The van der Waals surface area contributed by atoms with Gasteiger partial charge in [-0.2, -0.15) is 18.3 Å². The summed E-state index contributed by atoms with van der Waals surface area (Å²) in [7, 11) is 1.90. The summed E-state index contributed by atoms with van der Waals surface area (Å²) in [6, 6.07) is 20.7. The molecular weight excluding hydrogens is 533 g/mol. The lowest BCUT2D eigenvalue weighted by Gasteiger charge is -2.33. The van der Waals surface area contributed by atoms with E-state index in [1.54, 1.807) is 29.2 Å². The number of rotatable bonds is 5. The van der Waals surface area contributed by atoms with Crippen LogP contribution in [0.4, 0.5) is 23.7 Å². The van der Waals surface area contributed by atoms with E-state index in [0.717, 1.165) is 52.5 Å². The predicted molar refractivity (Wildman–Crippen MR) is 148 cm³/mol. The largest absolute Gasteiger partial charge is 0.470 e. The van der Waals surface area contributed by atoms with E-state index in [0.29, 0.717) is 18.7 Å². The molecule has 3 aromatic carbocycles. The first-order valence-electron chi connectivity index (χ1n) is 13.3. The number of amides is 2. The summed E-state index contributed by atoms with van der Waals surface area (Å²) in [5, 5.41) is 12.0. The minimum atomic E-state index is -4.71. The highest BCUT2D eigenvalue weighted by atomic mass is 19.4. The topological polar surface area (TPSA) is 80.3 Å². The van der Waals surface area contributed by atoms with E-state index in [4.69, 9.17) is 4.42 Å². The second-order valence-corrected chi connectivity index (χ2v) is 10.1. The van der Waals surface area contributed by atoms with Crippen LogP contribution in [0.1, 0.15) is 30.7 Å². The van der Waals surface area contributed by atoms with Crippen molar-refractivity contribution >= 4 is 22.6 Å². The summed E-state index contributed by atoms with van der Waals surface area (Å²) in [6.45, 7) is 1.67. The Bertz CT molecular complexity index is 1690. The molecule has 210 valence electrons. The van der Waals surface area contributed by atoms with Gasteiger partial charge in [0.15, 0.2) is 0 Å². The van der Waals surface area contributed by atoms with E-state index in [1.807, 2.05) is 59.2 Å². The van der Waals surface area contributed by atoms with Crippen molar-refractivity contribution in [1.29, 1.82) is 0 Å². The van der Waals surface area contributed by atoms with Crippen molar-refractivity contribution in [1.82, 2.24) is 24.9 Å². The van der Waals surface area contributed by atoms with Crippen molar-refractivity contribution < 1.29 is 22.4 Å². The van der Waals surface area contributed by atoms with Gasteiger partial charge in [0.1, 0.15) is 0 Å². The highest BCUT2D eigenvalue weighted by molar-refractivity contribution is 5.93. The lowest BCUT2D eigenvalue weighted by atomic mass is 10.0. The number of aryl methyl sites for hydroxylation is 1. The second kappa shape index (κ2) is 10.7. The molecule has 3 heterocycles. The number of carbonyl (C=O) groups excluding carboxylic acids is 1. The van der Waals surface area contributed by atoms with Crippen molar-refractivity contribution in [2.75, 3.05) is 18.0 Å².